The number of benzene rings is 1. The monoisotopic (exact) mass is 474 g/mol. The van der Waals surface area contributed by atoms with Crippen molar-refractivity contribution in [2.75, 3.05) is 13.6 Å². The van der Waals surface area contributed by atoms with Gasteiger partial charge in [0.1, 0.15) is 0 Å². The van der Waals surface area contributed by atoms with Gasteiger partial charge in [-0.1, -0.05) is 42.2 Å². The molecule has 0 aliphatic carbocycles. The third-order valence-corrected chi connectivity index (χ3v) is 5.00. The molecule has 1 aromatic carbocycles. The van der Waals surface area contributed by atoms with Crippen LogP contribution >= 0.6 is 8.60 Å². The van der Waals surface area contributed by atoms with Crippen LogP contribution in [0.25, 0.3) is 0 Å². The summed E-state index contributed by atoms with van der Waals surface area (Å²) in [4.78, 5) is 36.9. The van der Waals surface area contributed by atoms with Gasteiger partial charge in [0.15, 0.2) is 0 Å². The Balaban J connectivity index is 1.69. The van der Waals surface area contributed by atoms with Crippen molar-refractivity contribution >= 4 is 14.5 Å². The summed E-state index contributed by atoms with van der Waals surface area (Å²) in [5, 5.41) is 3.52. The zero-order chi connectivity index (χ0) is 23.8. The van der Waals surface area contributed by atoms with E-state index in [1.807, 2.05) is 30.3 Å². The molecule has 2 aromatic heterocycles. The summed E-state index contributed by atoms with van der Waals surface area (Å²) in [5.74, 6) is 5.12. The molecule has 1 atom stereocenters. The van der Waals surface area contributed by atoms with E-state index < -0.39 is 21.3 Å². The largest absolute Gasteiger partial charge is 0.339 e. The minimum absolute atomic E-state index is 0.108. The molecule has 1 unspecified atom stereocenters. The lowest BCUT2D eigenvalue weighted by Gasteiger charge is -2.24. The smallest absolute Gasteiger partial charge is 0.333 e. The van der Waals surface area contributed by atoms with E-state index in [0.29, 0.717) is 22.2 Å². The normalized spacial score (nSPS) is 11.8. The molecule has 3 rings (SSSR count). The maximum Gasteiger partial charge on any atom is 0.333 e. The molecule has 0 aliphatic rings. The number of carbonyl (C=O) groups is 1. The molecule has 11 heteroatoms. The SMILES string of the molecule is CN(CC(Cc1ccccc1)OP(O)O)C(=O)c1cncc(C#Cc2cnn(C(F)F)c2)c1. The number of carbonyl (C=O) groups excluding carboxylic acids is 1. The average molecular weight is 474 g/mol. The molecule has 0 saturated heterocycles. The predicted octanol–water partition coefficient (Wildman–Crippen LogP) is 2.98. The highest BCUT2D eigenvalue weighted by molar-refractivity contribution is 7.39. The fourth-order valence-corrected chi connectivity index (χ4v) is 3.44. The molecule has 172 valence electrons. The maximum atomic E-state index is 12.9. The number of aromatic nitrogens is 3. The summed E-state index contributed by atoms with van der Waals surface area (Å²) in [6.45, 7) is -2.64. The molecule has 0 radical (unpaired) electrons. The van der Waals surface area contributed by atoms with E-state index in [1.165, 1.54) is 29.6 Å². The van der Waals surface area contributed by atoms with Crippen LogP contribution in [0.4, 0.5) is 8.78 Å². The lowest BCUT2D eigenvalue weighted by atomic mass is 10.1. The Kier molecular flexibility index (Phi) is 8.58. The maximum absolute atomic E-state index is 12.9. The molecule has 0 aliphatic heterocycles. The van der Waals surface area contributed by atoms with Gasteiger partial charge in [0, 0.05) is 44.2 Å². The predicted molar refractivity (Wildman–Crippen MR) is 117 cm³/mol. The Labute approximate surface area is 190 Å². The summed E-state index contributed by atoms with van der Waals surface area (Å²) in [6.07, 6.45) is 4.93. The van der Waals surface area contributed by atoms with Crippen LogP contribution in [0.1, 0.15) is 33.6 Å². The molecule has 33 heavy (non-hydrogen) atoms. The first-order valence-corrected chi connectivity index (χ1v) is 10.9. The topological polar surface area (TPSA) is 101 Å². The average Bonchev–Trinajstić information content (AvgIpc) is 3.27. The van der Waals surface area contributed by atoms with Gasteiger partial charge in [0.25, 0.3) is 5.91 Å². The van der Waals surface area contributed by atoms with Gasteiger partial charge in [-0.3, -0.25) is 9.78 Å². The van der Waals surface area contributed by atoms with Crippen molar-refractivity contribution in [3.05, 3.63) is 83.4 Å². The molecule has 2 N–H and O–H groups in total. The van der Waals surface area contributed by atoms with Crippen LogP contribution in [0, 0.1) is 11.8 Å². The lowest BCUT2D eigenvalue weighted by Crippen LogP contribution is -2.36. The molecule has 1 amide bonds. The van der Waals surface area contributed by atoms with Gasteiger partial charge in [-0.25, -0.2) is 4.68 Å². The summed E-state index contributed by atoms with van der Waals surface area (Å²) >= 11 is 0. The van der Waals surface area contributed by atoms with E-state index in [4.69, 9.17) is 4.52 Å². The Morgan fingerprint density at radius 2 is 1.91 bits per heavy atom. The number of amides is 1. The first-order valence-electron chi connectivity index (χ1n) is 9.75. The van der Waals surface area contributed by atoms with E-state index in [-0.39, 0.29) is 18.0 Å². The number of alkyl halides is 2. The van der Waals surface area contributed by atoms with E-state index in [0.717, 1.165) is 11.8 Å². The van der Waals surface area contributed by atoms with Crippen LogP contribution in [-0.4, -0.2) is 55.1 Å². The first kappa shape index (κ1) is 24.4. The second kappa shape index (κ2) is 11.6. The second-order valence-electron chi connectivity index (χ2n) is 7.05. The molecular weight excluding hydrogens is 453 g/mol. The van der Waals surface area contributed by atoms with Crippen molar-refractivity contribution < 1.29 is 27.9 Å². The van der Waals surface area contributed by atoms with Crippen LogP contribution in [0.2, 0.25) is 0 Å². The number of hydrogen-bond donors (Lipinski definition) is 2. The van der Waals surface area contributed by atoms with Crippen LogP contribution in [0.15, 0.2) is 61.2 Å². The van der Waals surface area contributed by atoms with Gasteiger partial charge in [-0.05, 0) is 11.6 Å². The zero-order valence-electron chi connectivity index (χ0n) is 17.5. The van der Waals surface area contributed by atoms with Crippen LogP contribution in [0.3, 0.4) is 0 Å². The fraction of sp³-hybridized carbons (Fsp3) is 0.227. The molecule has 0 fully saturated rings. The fourth-order valence-electron chi connectivity index (χ4n) is 3.03. The number of rotatable bonds is 8. The highest BCUT2D eigenvalue weighted by Gasteiger charge is 2.21. The number of nitrogens with zero attached hydrogens (tertiary/aromatic N) is 4. The van der Waals surface area contributed by atoms with E-state index in [2.05, 4.69) is 21.9 Å². The number of likely N-dealkylation sites (N-methyl/N-ethyl adjacent to an activating group) is 1. The third-order valence-electron chi connectivity index (χ3n) is 4.51. The number of pyridine rings is 1. The Morgan fingerprint density at radius 1 is 1.18 bits per heavy atom. The molecule has 8 nitrogen and oxygen atoms in total. The van der Waals surface area contributed by atoms with Gasteiger partial charge in [0.2, 0.25) is 0 Å². The quantitative estimate of drug-likeness (QED) is 0.385. The number of halogens is 2. The molecule has 0 bridgehead atoms. The van der Waals surface area contributed by atoms with Gasteiger partial charge in [-0.2, -0.15) is 13.9 Å². The second-order valence-corrected chi connectivity index (χ2v) is 7.77. The standard InChI is InChI=1S/C22H21F2N4O4P/c1-27(15-20(32-33(30)31)10-16-5-3-2-4-6-16)21(29)19-9-17(11-25-13-19)7-8-18-12-26-28(14-18)22(23)24/h2-6,9,11-14,20,22,30-31H,10,15H2,1H3. The summed E-state index contributed by atoms with van der Waals surface area (Å²) < 4.78 is 30.9. The third kappa shape index (κ3) is 7.41. The van der Waals surface area contributed by atoms with E-state index in [1.54, 1.807) is 7.05 Å². The van der Waals surface area contributed by atoms with Gasteiger partial charge in [-0.15, -0.1) is 0 Å². The van der Waals surface area contributed by atoms with Gasteiger partial charge < -0.3 is 19.2 Å². The minimum Gasteiger partial charge on any atom is -0.339 e. The summed E-state index contributed by atoms with van der Waals surface area (Å²) in [6, 6.07) is 10.9. The van der Waals surface area contributed by atoms with Crippen LogP contribution < -0.4 is 0 Å². The number of hydrogen-bond acceptors (Lipinski definition) is 6. The van der Waals surface area contributed by atoms with Crippen molar-refractivity contribution in [2.24, 2.45) is 0 Å². The van der Waals surface area contributed by atoms with Crippen LogP contribution in [0.5, 0.6) is 0 Å². The zero-order valence-corrected chi connectivity index (χ0v) is 18.4. The van der Waals surface area contributed by atoms with Crippen molar-refractivity contribution in [1.82, 2.24) is 19.7 Å². The highest BCUT2D eigenvalue weighted by atomic mass is 31.2. The highest BCUT2D eigenvalue weighted by Crippen LogP contribution is 2.28. The molecule has 2 heterocycles. The van der Waals surface area contributed by atoms with Crippen molar-refractivity contribution in [3.63, 3.8) is 0 Å². The Hall–Kier alpha value is -3.22. The molecule has 3 aromatic rings. The summed E-state index contributed by atoms with van der Waals surface area (Å²) in [7, 11) is -1.03. The minimum atomic E-state index is -2.75. The first-order chi connectivity index (χ1) is 15.8. The van der Waals surface area contributed by atoms with Gasteiger partial charge >= 0.3 is 15.2 Å². The molecular formula is C22H21F2N4O4P. The molecule has 0 saturated carbocycles. The molecule has 0 spiro atoms. The van der Waals surface area contributed by atoms with Crippen molar-refractivity contribution in [2.45, 2.75) is 19.1 Å². The van der Waals surface area contributed by atoms with Gasteiger partial charge in [0.05, 0.1) is 23.4 Å². The van der Waals surface area contributed by atoms with E-state index >= 15 is 0 Å². The Bertz CT molecular complexity index is 1130. The summed E-state index contributed by atoms with van der Waals surface area (Å²) in [5.41, 5.74) is 1.91. The van der Waals surface area contributed by atoms with Crippen molar-refractivity contribution in [1.29, 1.82) is 0 Å². The lowest BCUT2D eigenvalue weighted by molar-refractivity contribution is 0.0565. The van der Waals surface area contributed by atoms with E-state index in [9.17, 15) is 23.4 Å². The van der Waals surface area contributed by atoms with Crippen molar-refractivity contribution in [3.8, 4) is 11.8 Å². The Morgan fingerprint density at radius 3 is 2.58 bits per heavy atom. The van der Waals surface area contributed by atoms with Crippen LogP contribution in [-0.2, 0) is 10.9 Å².